The minimum atomic E-state index is -0.147. The number of nitrogens with zero attached hydrogens (tertiary/aromatic N) is 3. The number of hydrogen-bond acceptors (Lipinski definition) is 5. The average Bonchev–Trinajstić information content (AvgIpc) is 3.19. The molecule has 0 spiro atoms. The highest BCUT2D eigenvalue weighted by Crippen LogP contribution is 2.37. The van der Waals surface area contributed by atoms with Crippen molar-refractivity contribution in [1.29, 1.82) is 5.26 Å². The van der Waals surface area contributed by atoms with Gasteiger partial charge in [0, 0.05) is 36.8 Å². The molecule has 1 unspecified atom stereocenters. The third kappa shape index (κ3) is 5.38. The number of nitrogens with one attached hydrogen (secondary N) is 2. The number of hydrogen-bond donors (Lipinski definition) is 2. The lowest BCUT2D eigenvalue weighted by Gasteiger charge is -2.27. The number of aromatic nitrogens is 1. The van der Waals surface area contributed by atoms with Crippen LogP contribution < -0.4 is 10.6 Å². The molecule has 8 heteroatoms. The van der Waals surface area contributed by atoms with Crippen LogP contribution in [0.15, 0.2) is 54.9 Å². The number of pyridine rings is 1. The second kappa shape index (κ2) is 10.3. The third-order valence-electron chi connectivity index (χ3n) is 5.76. The van der Waals surface area contributed by atoms with Crippen LogP contribution >= 0.6 is 11.3 Å². The van der Waals surface area contributed by atoms with Gasteiger partial charge in [-0.2, -0.15) is 5.26 Å². The summed E-state index contributed by atoms with van der Waals surface area (Å²) in [5.74, 6) is -0.0423. The summed E-state index contributed by atoms with van der Waals surface area (Å²) in [4.78, 5) is 32.0. The van der Waals surface area contributed by atoms with Gasteiger partial charge in [-0.05, 0) is 41.2 Å². The number of benzene rings is 1. The summed E-state index contributed by atoms with van der Waals surface area (Å²) in [6.45, 7) is 3.40. The van der Waals surface area contributed by atoms with Gasteiger partial charge in [0.15, 0.2) is 0 Å². The maximum atomic E-state index is 12.7. The van der Waals surface area contributed by atoms with Gasteiger partial charge in [-0.15, -0.1) is 11.3 Å². The summed E-state index contributed by atoms with van der Waals surface area (Å²) < 4.78 is 0. The predicted octanol–water partition coefficient (Wildman–Crippen LogP) is 4.41. The highest BCUT2D eigenvalue weighted by molar-refractivity contribution is 7.16. The van der Waals surface area contributed by atoms with E-state index in [0.29, 0.717) is 43.0 Å². The average molecular weight is 460 g/mol. The largest absolute Gasteiger partial charge is 0.334 e. The van der Waals surface area contributed by atoms with Gasteiger partial charge in [-0.1, -0.05) is 37.3 Å². The Balaban J connectivity index is 1.39. The number of nitriles is 1. The van der Waals surface area contributed by atoms with Crippen molar-refractivity contribution in [2.75, 3.05) is 11.9 Å². The molecule has 0 fully saturated rings. The molecule has 1 aliphatic heterocycles. The first-order valence-corrected chi connectivity index (χ1v) is 11.7. The molecule has 0 aliphatic carbocycles. The number of rotatable bonds is 6. The first kappa shape index (κ1) is 22.5. The zero-order valence-corrected chi connectivity index (χ0v) is 19.2. The Bertz CT molecular complexity index is 1170. The van der Waals surface area contributed by atoms with Crippen LogP contribution in [0, 0.1) is 11.3 Å². The van der Waals surface area contributed by atoms with Crippen molar-refractivity contribution in [1.82, 2.24) is 15.2 Å². The van der Waals surface area contributed by atoms with E-state index in [1.165, 1.54) is 11.3 Å². The normalized spacial score (nSPS) is 13.5. The maximum absolute atomic E-state index is 12.7. The number of urea groups is 1. The molecule has 0 saturated carbocycles. The second-order valence-electron chi connectivity index (χ2n) is 8.07. The Morgan fingerprint density at radius 2 is 1.97 bits per heavy atom. The van der Waals surface area contributed by atoms with E-state index in [1.54, 1.807) is 17.3 Å². The summed E-state index contributed by atoms with van der Waals surface area (Å²) >= 11 is 1.39. The van der Waals surface area contributed by atoms with Gasteiger partial charge in [-0.25, -0.2) is 4.79 Å². The molecule has 0 saturated heterocycles. The molecule has 2 aromatic heterocycles. The minimum absolute atomic E-state index is 0.0749. The topological polar surface area (TPSA) is 98.1 Å². The molecule has 1 aliphatic rings. The molecule has 7 nitrogen and oxygen atoms in total. The van der Waals surface area contributed by atoms with Crippen molar-refractivity contribution in [2.45, 2.75) is 38.8 Å². The fourth-order valence-electron chi connectivity index (χ4n) is 3.93. The number of carbonyl (C=O) groups is 2. The Labute approximate surface area is 197 Å². The van der Waals surface area contributed by atoms with Crippen molar-refractivity contribution < 1.29 is 9.59 Å². The summed E-state index contributed by atoms with van der Waals surface area (Å²) in [5, 5.41) is 16.2. The fraction of sp³-hybridized carbons (Fsp3) is 0.280. The molecular weight excluding hydrogens is 434 g/mol. The number of anilines is 1. The van der Waals surface area contributed by atoms with E-state index in [4.69, 9.17) is 0 Å². The molecule has 33 heavy (non-hydrogen) atoms. The highest BCUT2D eigenvalue weighted by atomic mass is 32.1. The number of amides is 3. The van der Waals surface area contributed by atoms with Crippen LogP contribution in [0.2, 0.25) is 0 Å². The molecular formula is C25H25N5O2S. The summed E-state index contributed by atoms with van der Waals surface area (Å²) in [6.07, 6.45) is 4.31. The lowest BCUT2D eigenvalue weighted by Crippen LogP contribution is -2.42. The van der Waals surface area contributed by atoms with E-state index < -0.39 is 0 Å². The predicted molar refractivity (Wildman–Crippen MR) is 128 cm³/mol. The Morgan fingerprint density at radius 1 is 1.21 bits per heavy atom. The molecule has 3 amide bonds. The van der Waals surface area contributed by atoms with Crippen LogP contribution in [0.1, 0.15) is 46.4 Å². The van der Waals surface area contributed by atoms with Crippen LogP contribution in [0.3, 0.4) is 0 Å². The van der Waals surface area contributed by atoms with Crippen LogP contribution in [-0.4, -0.2) is 28.4 Å². The van der Waals surface area contributed by atoms with Gasteiger partial charge in [0.05, 0.1) is 12.1 Å². The Morgan fingerprint density at radius 3 is 2.70 bits per heavy atom. The number of thiophene rings is 1. The molecule has 3 heterocycles. The van der Waals surface area contributed by atoms with Gasteiger partial charge >= 0.3 is 6.03 Å². The highest BCUT2D eigenvalue weighted by Gasteiger charge is 2.27. The van der Waals surface area contributed by atoms with Crippen molar-refractivity contribution in [3.8, 4) is 6.07 Å². The molecule has 4 rings (SSSR count). The quantitative estimate of drug-likeness (QED) is 0.570. The van der Waals surface area contributed by atoms with E-state index in [1.807, 2.05) is 49.4 Å². The van der Waals surface area contributed by atoms with E-state index in [9.17, 15) is 14.9 Å². The van der Waals surface area contributed by atoms with Gasteiger partial charge in [0.1, 0.15) is 11.1 Å². The zero-order valence-electron chi connectivity index (χ0n) is 18.4. The standard InChI is InChI=1S/C25H25N5O2S/c1-17(19-5-3-2-4-6-19)13-23(31)29-24-21(14-26)20-9-12-30(16-22(20)33-24)25(32)28-15-18-7-10-27-11-8-18/h2-8,10-11,17H,9,12-13,15-16H2,1H3,(H,28,32)(H,29,31). The van der Waals surface area contributed by atoms with Gasteiger partial charge in [0.2, 0.25) is 5.91 Å². The summed E-state index contributed by atoms with van der Waals surface area (Å²) in [6, 6.07) is 15.7. The second-order valence-corrected chi connectivity index (χ2v) is 9.17. The molecule has 1 aromatic carbocycles. The van der Waals surface area contributed by atoms with Crippen LogP contribution in [0.25, 0.3) is 0 Å². The molecule has 1 atom stereocenters. The van der Waals surface area contributed by atoms with E-state index in [-0.39, 0.29) is 17.9 Å². The molecule has 0 bridgehead atoms. The first-order chi connectivity index (χ1) is 16.0. The zero-order chi connectivity index (χ0) is 23.2. The van der Waals surface area contributed by atoms with Gasteiger partial charge < -0.3 is 15.5 Å². The lowest BCUT2D eigenvalue weighted by atomic mass is 9.97. The molecule has 2 N–H and O–H groups in total. The smallest absolute Gasteiger partial charge is 0.318 e. The summed E-state index contributed by atoms with van der Waals surface area (Å²) in [7, 11) is 0. The third-order valence-corrected chi connectivity index (χ3v) is 6.89. The fourth-order valence-corrected chi connectivity index (χ4v) is 5.16. The van der Waals surface area contributed by atoms with Crippen LogP contribution in [0.5, 0.6) is 0 Å². The van der Waals surface area contributed by atoms with Gasteiger partial charge in [-0.3, -0.25) is 9.78 Å². The molecule has 3 aromatic rings. The Hall–Kier alpha value is -3.70. The number of fused-ring (bicyclic) bond motifs is 1. The monoisotopic (exact) mass is 459 g/mol. The Kier molecular flexibility index (Phi) is 7.01. The van der Waals surface area contributed by atoms with Crippen molar-refractivity contribution in [3.63, 3.8) is 0 Å². The molecule has 168 valence electrons. The summed E-state index contributed by atoms with van der Waals surface area (Å²) in [5.41, 5.74) is 3.54. The number of carbonyl (C=O) groups excluding carboxylic acids is 2. The van der Waals surface area contributed by atoms with E-state index in [2.05, 4.69) is 21.7 Å². The lowest BCUT2D eigenvalue weighted by molar-refractivity contribution is -0.116. The van der Waals surface area contributed by atoms with Crippen molar-refractivity contribution >= 4 is 28.3 Å². The van der Waals surface area contributed by atoms with Crippen LogP contribution in [0.4, 0.5) is 9.80 Å². The van der Waals surface area contributed by atoms with Crippen molar-refractivity contribution in [2.24, 2.45) is 0 Å². The first-order valence-electron chi connectivity index (χ1n) is 10.9. The minimum Gasteiger partial charge on any atom is -0.334 e. The van der Waals surface area contributed by atoms with Crippen LogP contribution in [-0.2, 0) is 24.3 Å². The van der Waals surface area contributed by atoms with E-state index in [0.717, 1.165) is 21.6 Å². The molecule has 0 radical (unpaired) electrons. The van der Waals surface area contributed by atoms with Crippen molar-refractivity contribution in [3.05, 3.63) is 82.0 Å². The van der Waals surface area contributed by atoms with E-state index >= 15 is 0 Å². The maximum Gasteiger partial charge on any atom is 0.318 e. The van der Waals surface area contributed by atoms with Gasteiger partial charge in [0.25, 0.3) is 0 Å². The SMILES string of the molecule is CC(CC(=O)Nc1sc2c(c1C#N)CCN(C(=O)NCc1ccncc1)C2)c1ccccc1.